The van der Waals surface area contributed by atoms with Crippen LogP contribution in [-0.2, 0) is 3.48 Å². The zero-order valence-corrected chi connectivity index (χ0v) is 38.3. The molecule has 0 aliphatic carbocycles. The highest BCUT2D eigenvalue weighted by Gasteiger charge is 2.42. The summed E-state index contributed by atoms with van der Waals surface area (Å²) in [6.45, 7) is 3.98. The van der Waals surface area contributed by atoms with Crippen LogP contribution in [0.15, 0.2) is 218 Å². The number of aryl methyl sites for hydroxylation is 2. The molecule has 0 fully saturated rings. The fourth-order valence-corrected chi connectivity index (χ4v) is 14.0. The number of pyridine rings is 2. The molecule has 0 aliphatic rings. The van der Waals surface area contributed by atoms with E-state index in [1.165, 1.54) is 32.1 Å². The molecule has 10 rings (SSSR count). The molecule has 2 heterocycles. The van der Waals surface area contributed by atoms with Crippen molar-refractivity contribution in [1.82, 2.24) is 9.97 Å². The molecule has 6 nitrogen and oxygen atoms in total. The summed E-state index contributed by atoms with van der Waals surface area (Å²) >= 11 is -1.49. The van der Waals surface area contributed by atoms with E-state index >= 15 is 0 Å². The number of nitrogens with zero attached hydrogens (tertiary/aromatic N) is 2. The maximum atomic E-state index is 6.94. The van der Waals surface area contributed by atoms with E-state index in [1.807, 2.05) is 86.6 Å². The van der Waals surface area contributed by atoms with Crippen LogP contribution in [-0.4, -0.2) is 50.1 Å². The zero-order chi connectivity index (χ0) is 42.9. The van der Waals surface area contributed by atoms with Crippen molar-refractivity contribution >= 4 is 88.2 Å². The maximum absolute atomic E-state index is 6.94. The summed E-state index contributed by atoms with van der Waals surface area (Å²) in [5.41, 5.74) is 6.12. The quantitative estimate of drug-likeness (QED) is 0.0901. The Balaban J connectivity index is 0.000000161. The van der Waals surface area contributed by atoms with Crippen molar-refractivity contribution in [3.63, 3.8) is 0 Å². The Bertz CT molecular complexity index is 3010. The lowest BCUT2D eigenvalue weighted by Gasteiger charge is -2.34. The van der Waals surface area contributed by atoms with Crippen LogP contribution in [0, 0.1) is 13.8 Å². The van der Waals surface area contributed by atoms with E-state index in [0.717, 1.165) is 55.8 Å². The molecule has 0 unspecified atom stereocenters. The Morgan fingerprint density at radius 1 is 0.365 bits per heavy atom. The number of hydrogen-bond donors (Lipinski definition) is 0. The zero-order valence-electron chi connectivity index (χ0n) is 35.0. The van der Waals surface area contributed by atoms with Gasteiger partial charge >= 0.3 is 31.8 Å². The maximum Gasteiger partial charge on any atom is 0.881 e. The topological polar surface area (TPSA) is 62.7 Å². The minimum absolute atomic E-state index is 0.694. The van der Waals surface area contributed by atoms with Crippen molar-refractivity contribution in [2.24, 2.45) is 0 Å². The monoisotopic (exact) mass is 864 g/mol. The fraction of sp³-hybridized carbons (Fsp3) is 0.0370. The fourth-order valence-electron chi connectivity index (χ4n) is 7.73. The van der Waals surface area contributed by atoms with Crippen LogP contribution >= 0.6 is 0 Å². The van der Waals surface area contributed by atoms with Gasteiger partial charge in [-0.15, -0.1) is 0 Å². The van der Waals surface area contributed by atoms with Crippen molar-refractivity contribution in [3.05, 3.63) is 230 Å². The predicted octanol–water partition coefficient (Wildman–Crippen LogP) is 10.5. The second-order valence-corrected chi connectivity index (χ2v) is 20.2. The van der Waals surface area contributed by atoms with E-state index in [9.17, 15) is 0 Å². The van der Waals surface area contributed by atoms with Gasteiger partial charge in [-0.25, -0.2) is 9.97 Å². The summed E-state index contributed by atoms with van der Waals surface area (Å²) in [5, 5.41) is 8.07. The van der Waals surface area contributed by atoms with Gasteiger partial charge in [-0.3, -0.25) is 0 Å². The van der Waals surface area contributed by atoms with Crippen molar-refractivity contribution < 1.29 is 14.8 Å². The summed E-state index contributed by atoms with van der Waals surface area (Å²) in [4.78, 5) is 9.32. The highest BCUT2D eigenvalue weighted by Crippen LogP contribution is 2.28. The molecule has 2 aromatic heterocycles. The van der Waals surface area contributed by atoms with Gasteiger partial charge in [0.15, 0.2) is 0 Å². The predicted molar refractivity (Wildman–Crippen MR) is 261 cm³/mol. The van der Waals surface area contributed by atoms with E-state index in [-0.39, 0.29) is 0 Å². The number of hydrogen-bond acceptors (Lipinski definition) is 6. The third kappa shape index (κ3) is 9.61. The Morgan fingerprint density at radius 3 is 1.37 bits per heavy atom. The number of benzene rings is 8. The smallest absolute Gasteiger partial charge is 0.625 e. The second-order valence-electron chi connectivity index (χ2n) is 15.1. The van der Waals surface area contributed by atoms with Gasteiger partial charge in [0.1, 0.15) is 22.5 Å². The summed E-state index contributed by atoms with van der Waals surface area (Å²) < 4.78 is 25.2. The molecule has 0 N–H and O–H groups in total. The van der Waals surface area contributed by atoms with Crippen LogP contribution in [0.3, 0.4) is 0 Å². The SMILES string of the molecule is Cc1ccc2cccc([O][Al][O][Si](c3ccccc3)(c3ccccc3)c3ccccc3)c2n1.Cc1ccc2cccc([O][Al][O]c3ccc4cc(-c5ccccc5)ccc4c3)c2n1. The molecule has 10 aromatic rings. The Kier molecular flexibility index (Phi) is 13.1. The first kappa shape index (κ1) is 41.8. The average molecular weight is 865 g/mol. The minimum atomic E-state index is -2.76. The van der Waals surface area contributed by atoms with Gasteiger partial charge < -0.3 is 14.8 Å². The lowest BCUT2D eigenvalue weighted by molar-refractivity contribution is 0.461. The number of rotatable bonds is 12. The van der Waals surface area contributed by atoms with Crippen molar-refractivity contribution in [2.75, 3.05) is 0 Å². The van der Waals surface area contributed by atoms with Crippen LogP contribution in [0.5, 0.6) is 17.2 Å². The van der Waals surface area contributed by atoms with Gasteiger partial charge in [0.05, 0.1) is 5.75 Å². The van der Waals surface area contributed by atoms with Gasteiger partial charge in [-0.05, 0) is 93.8 Å². The van der Waals surface area contributed by atoms with E-state index in [0.29, 0.717) is 0 Å². The molecule has 8 aromatic carbocycles. The van der Waals surface area contributed by atoms with Gasteiger partial charge in [0.2, 0.25) is 0 Å². The minimum Gasteiger partial charge on any atom is -0.625 e. The van der Waals surface area contributed by atoms with Gasteiger partial charge in [0.25, 0.3) is 8.32 Å². The van der Waals surface area contributed by atoms with Crippen molar-refractivity contribution in [1.29, 1.82) is 0 Å². The first-order valence-corrected chi connectivity index (χ1v) is 24.6. The van der Waals surface area contributed by atoms with Gasteiger partial charge in [-0.1, -0.05) is 176 Å². The lowest BCUT2D eigenvalue weighted by atomic mass is 10.0. The van der Waals surface area contributed by atoms with E-state index in [2.05, 4.69) is 151 Å². The van der Waals surface area contributed by atoms with Gasteiger partial charge in [-0.2, -0.15) is 0 Å². The largest absolute Gasteiger partial charge is 0.881 e. The molecule has 2 radical (unpaired) electrons. The Morgan fingerprint density at radius 2 is 0.825 bits per heavy atom. The summed E-state index contributed by atoms with van der Waals surface area (Å²) in [6, 6.07) is 74.9. The Hall–Kier alpha value is -6.52. The number of aromatic nitrogens is 2. The molecule has 302 valence electrons. The van der Waals surface area contributed by atoms with E-state index in [4.69, 9.17) is 19.8 Å². The summed E-state index contributed by atoms with van der Waals surface area (Å²) in [7, 11) is -2.76. The molecular weight excluding hydrogens is 823 g/mol. The highest BCUT2D eigenvalue weighted by molar-refractivity contribution is 7.08. The molecular formula is C54H42Al2N2O4Si. The molecule has 0 bridgehead atoms. The first-order chi connectivity index (χ1) is 31.0. The highest BCUT2D eigenvalue weighted by atomic mass is 28.4. The van der Waals surface area contributed by atoms with Crippen molar-refractivity contribution in [3.8, 4) is 28.4 Å². The molecule has 0 saturated carbocycles. The lowest BCUT2D eigenvalue weighted by Crippen LogP contribution is -2.70. The summed E-state index contributed by atoms with van der Waals surface area (Å²) in [6.07, 6.45) is 0. The molecule has 0 amide bonds. The number of para-hydroxylation sites is 2. The molecule has 0 atom stereocenters. The van der Waals surface area contributed by atoms with Gasteiger partial charge in [0, 0.05) is 22.2 Å². The third-order valence-corrected chi connectivity index (χ3v) is 17.2. The summed E-state index contributed by atoms with van der Waals surface area (Å²) in [5.74, 6) is 2.34. The molecule has 0 spiro atoms. The molecule has 0 saturated heterocycles. The normalized spacial score (nSPS) is 11.1. The van der Waals surface area contributed by atoms with Crippen molar-refractivity contribution in [2.45, 2.75) is 13.8 Å². The third-order valence-electron chi connectivity index (χ3n) is 10.9. The first-order valence-electron chi connectivity index (χ1n) is 20.8. The van der Waals surface area contributed by atoms with E-state index in [1.54, 1.807) is 0 Å². The standard InChI is InChI=1S/C18H15OSi.C16H12O.2C10H9NO.2Al/c19-20(16-10-4-1-5-11-16,17-12-6-2-7-13-17)18-14-8-3-9-15-18;17-16-9-8-14-10-13(6-7-15(14)11-16)12-4-2-1-3-5-12;2*1-7-5-6-8-3-2-4-9(12)10(8)11-7;;/h1-15H;1-11,17H;2*2-6,12H,1H3;;/q-1;;;;2*+2/p-3. The molecule has 9 heteroatoms. The average Bonchev–Trinajstić information content (AvgIpc) is 3.34. The van der Waals surface area contributed by atoms with Crippen LogP contribution in [0.1, 0.15) is 11.4 Å². The van der Waals surface area contributed by atoms with E-state index < -0.39 is 40.1 Å². The Labute approximate surface area is 382 Å². The van der Waals surface area contributed by atoms with Crippen LogP contribution in [0.4, 0.5) is 0 Å². The number of fused-ring (bicyclic) bond motifs is 3. The van der Waals surface area contributed by atoms with Crippen LogP contribution in [0.25, 0.3) is 43.7 Å². The molecule has 0 aliphatic heterocycles. The molecule has 63 heavy (non-hydrogen) atoms. The van der Waals surface area contributed by atoms with Crippen LogP contribution < -0.4 is 26.9 Å². The second kappa shape index (κ2) is 19.7. The van der Waals surface area contributed by atoms with Crippen LogP contribution in [0.2, 0.25) is 0 Å².